The number of ether oxygens (including phenoxy) is 1. The number of nitrogens with zero attached hydrogens (tertiary/aromatic N) is 1. The van der Waals surface area contributed by atoms with Crippen molar-refractivity contribution in [2.45, 2.75) is 58.4 Å². The van der Waals surface area contributed by atoms with Crippen LogP contribution in [0.4, 0.5) is 4.79 Å². The summed E-state index contributed by atoms with van der Waals surface area (Å²) >= 11 is 0. The van der Waals surface area contributed by atoms with E-state index in [9.17, 15) is 4.79 Å². The van der Waals surface area contributed by atoms with Crippen LogP contribution in [0.3, 0.4) is 0 Å². The van der Waals surface area contributed by atoms with Crippen molar-refractivity contribution in [1.82, 2.24) is 4.90 Å². The Bertz CT molecular complexity index is 251. The van der Waals surface area contributed by atoms with Crippen LogP contribution in [0.25, 0.3) is 0 Å². The number of rotatable bonds is 6. The molecule has 0 saturated carbocycles. The first-order valence-corrected chi connectivity index (χ1v) is 6.89. The second-order valence-corrected chi connectivity index (χ2v) is 4.53. The van der Waals surface area contributed by atoms with Crippen molar-refractivity contribution in [2.75, 3.05) is 13.2 Å². The molecule has 3 heteroatoms. The van der Waals surface area contributed by atoms with Crippen molar-refractivity contribution in [3.05, 3.63) is 12.2 Å². The summed E-state index contributed by atoms with van der Waals surface area (Å²) < 4.78 is 5.09. The molecule has 1 atom stereocenters. The minimum atomic E-state index is -0.155. The summed E-state index contributed by atoms with van der Waals surface area (Å²) in [5, 5.41) is 0. The van der Waals surface area contributed by atoms with Crippen molar-refractivity contribution < 1.29 is 9.53 Å². The monoisotopic (exact) mass is 239 g/mol. The molecule has 17 heavy (non-hydrogen) atoms. The second kappa shape index (κ2) is 8.15. The maximum Gasteiger partial charge on any atom is 0.410 e. The molecular weight excluding hydrogens is 214 g/mol. The second-order valence-electron chi connectivity index (χ2n) is 4.53. The van der Waals surface area contributed by atoms with E-state index in [2.05, 4.69) is 19.1 Å². The summed E-state index contributed by atoms with van der Waals surface area (Å²) in [6.07, 6.45) is 11.2. The Kier molecular flexibility index (Phi) is 6.75. The summed E-state index contributed by atoms with van der Waals surface area (Å²) in [6.45, 7) is 5.33. The van der Waals surface area contributed by atoms with Gasteiger partial charge in [-0.3, -0.25) is 0 Å². The highest BCUT2D eigenvalue weighted by Crippen LogP contribution is 2.17. The van der Waals surface area contributed by atoms with Gasteiger partial charge in [0.05, 0.1) is 12.6 Å². The fourth-order valence-electron chi connectivity index (χ4n) is 2.20. The van der Waals surface area contributed by atoms with E-state index < -0.39 is 0 Å². The molecule has 0 aromatic carbocycles. The molecule has 0 saturated heterocycles. The zero-order valence-corrected chi connectivity index (χ0v) is 11.2. The zero-order valence-electron chi connectivity index (χ0n) is 11.2. The van der Waals surface area contributed by atoms with E-state index in [0.29, 0.717) is 6.61 Å². The van der Waals surface area contributed by atoms with Gasteiger partial charge in [-0.15, -0.1) is 0 Å². The highest BCUT2D eigenvalue weighted by Gasteiger charge is 2.23. The van der Waals surface area contributed by atoms with Gasteiger partial charge in [-0.05, 0) is 19.8 Å². The molecule has 98 valence electrons. The summed E-state index contributed by atoms with van der Waals surface area (Å²) in [6, 6.07) is 0.250. The average Bonchev–Trinajstić information content (AvgIpc) is 2.35. The molecular formula is C14H25NO2. The molecule has 0 fully saturated rings. The predicted molar refractivity (Wildman–Crippen MR) is 70.0 cm³/mol. The summed E-state index contributed by atoms with van der Waals surface area (Å²) in [4.78, 5) is 13.6. The van der Waals surface area contributed by atoms with Gasteiger partial charge in [-0.25, -0.2) is 4.79 Å². The number of unbranched alkanes of at least 4 members (excludes halogenated alkanes) is 3. The van der Waals surface area contributed by atoms with Crippen LogP contribution in [-0.4, -0.2) is 30.2 Å². The van der Waals surface area contributed by atoms with Crippen LogP contribution in [0.5, 0.6) is 0 Å². The van der Waals surface area contributed by atoms with Gasteiger partial charge in [0.15, 0.2) is 0 Å². The third kappa shape index (κ3) is 4.80. The highest BCUT2D eigenvalue weighted by atomic mass is 16.6. The maximum absolute atomic E-state index is 11.8. The number of carbonyl (C=O) groups excluding carboxylic acids is 1. The lowest BCUT2D eigenvalue weighted by molar-refractivity contribution is 0.0943. The topological polar surface area (TPSA) is 29.5 Å². The van der Waals surface area contributed by atoms with Gasteiger partial charge in [0.1, 0.15) is 0 Å². The Hall–Kier alpha value is -0.990. The minimum Gasteiger partial charge on any atom is -0.450 e. The maximum atomic E-state index is 11.8. The number of amides is 1. The predicted octanol–water partition coefficient (Wildman–Crippen LogP) is 3.74. The van der Waals surface area contributed by atoms with Gasteiger partial charge >= 0.3 is 6.09 Å². The molecule has 1 heterocycles. The van der Waals surface area contributed by atoms with Crippen LogP contribution < -0.4 is 0 Å². The smallest absolute Gasteiger partial charge is 0.410 e. The van der Waals surface area contributed by atoms with Gasteiger partial charge in [0.25, 0.3) is 0 Å². The highest BCUT2D eigenvalue weighted by molar-refractivity contribution is 5.68. The Balaban J connectivity index is 2.39. The van der Waals surface area contributed by atoms with Crippen LogP contribution in [0.15, 0.2) is 12.2 Å². The van der Waals surface area contributed by atoms with Crippen LogP contribution in [0.1, 0.15) is 52.4 Å². The molecule has 0 aromatic rings. The summed E-state index contributed by atoms with van der Waals surface area (Å²) in [7, 11) is 0. The van der Waals surface area contributed by atoms with E-state index in [-0.39, 0.29) is 12.1 Å². The summed E-state index contributed by atoms with van der Waals surface area (Å²) in [5.74, 6) is 0. The molecule has 1 rings (SSSR count). The van der Waals surface area contributed by atoms with Crippen molar-refractivity contribution in [3.8, 4) is 0 Å². The van der Waals surface area contributed by atoms with Gasteiger partial charge in [-0.2, -0.15) is 0 Å². The van der Waals surface area contributed by atoms with Crippen LogP contribution >= 0.6 is 0 Å². The van der Waals surface area contributed by atoms with E-state index in [0.717, 1.165) is 19.4 Å². The van der Waals surface area contributed by atoms with Gasteiger partial charge in [-0.1, -0.05) is 44.8 Å². The molecule has 1 unspecified atom stereocenters. The fraction of sp³-hybridized carbons (Fsp3) is 0.786. The normalized spacial score (nSPS) is 19.4. The number of hydrogen-bond donors (Lipinski definition) is 0. The lowest BCUT2D eigenvalue weighted by atomic mass is 10.0. The van der Waals surface area contributed by atoms with E-state index in [1.165, 1.54) is 25.7 Å². The molecule has 0 N–H and O–H groups in total. The van der Waals surface area contributed by atoms with Gasteiger partial charge in [0.2, 0.25) is 0 Å². The Labute approximate surface area is 105 Å². The molecule has 1 aliphatic rings. The minimum absolute atomic E-state index is 0.155. The lowest BCUT2D eigenvalue weighted by Crippen LogP contribution is -2.42. The largest absolute Gasteiger partial charge is 0.450 e. The molecule has 3 nitrogen and oxygen atoms in total. The van der Waals surface area contributed by atoms with Gasteiger partial charge < -0.3 is 9.64 Å². The van der Waals surface area contributed by atoms with Crippen LogP contribution in [-0.2, 0) is 4.74 Å². The first-order chi connectivity index (χ1) is 8.29. The van der Waals surface area contributed by atoms with E-state index >= 15 is 0 Å². The van der Waals surface area contributed by atoms with Crippen molar-refractivity contribution in [1.29, 1.82) is 0 Å². The Morgan fingerprint density at radius 2 is 2.18 bits per heavy atom. The van der Waals surface area contributed by atoms with E-state index in [1.54, 1.807) is 0 Å². The molecule has 0 spiro atoms. The standard InChI is InChI=1S/C14H25NO2/c1-3-5-6-7-10-13-11-8-9-12-15(13)14(16)17-4-2/h8,11,13H,3-7,9-10,12H2,1-2H3. The zero-order chi connectivity index (χ0) is 12.5. The van der Waals surface area contributed by atoms with Gasteiger partial charge in [0, 0.05) is 6.54 Å². The Morgan fingerprint density at radius 1 is 1.35 bits per heavy atom. The van der Waals surface area contributed by atoms with E-state index in [4.69, 9.17) is 4.74 Å². The van der Waals surface area contributed by atoms with Crippen LogP contribution in [0.2, 0.25) is 0 Å². The van der Waals surface area contributed by atoms with Crippen molar-refractivity contribution >= 4 is 6.09 Å². The fourth-order valence-corrected chi connectivity index (χ4v) is 2.20. The molecule has 0 radical (unpaired) electrons. The quantitative estimate of drug-likeness (QED) is 0.522. The molecule has 0 bridgehead atoms. The summed E-state index contributed by atoms with van der Waals surface area (Å²) in [5.41, 5.74) is 0. The average molecular weight is 239 g/mol. The van der Waals surface area contributed by atoms with Crippen molar-refractivity contribution in [3.63, 3.8) is 0 Å². The first kappa shape index (κ1) is 14.1. The van der Waals surface area contributed by atoms with Crippen LogP contribution in [0, 0.1) is 0 Å². The Morgan fingerprint density at radius 3 is 2.88 bits per heavy atom. The number of hydrogen-bond acceptors (Lipinski definition) is 2. The van der Waals surface area contributed by atoms with Crippen molar-refractivity contribution in [2.24, 2.45) is 0 Å². The van der Waals surface area contributed by atoms with E-state index in [1.807, 2.05) is 11.8 Å². The SMILES string of the molecule is CCCCCCC1C=CCCN1C(=O)OCC. The number of carbonyl (C=O) groups is 1. The first-order valence-electron chi connectivity index (χ1n) is 6.89. The third-order valence-electron chi connectivity index (χ3n) is 3.15. The molecule has 1 aliphatic heterocycles. The third-order valence-corrected chi connectivity index (χ3v) is 3.15. The molecule has 0 aliphatic carbocycles. The lowest BCUT2D eigenvalue weighted by Gasteiger charge is -2.31. The molecule has 0 aromatic heterocycles. The molecule has 1 amide bonds.